The maximum absolute atomic E-state index is 12.5. The fourth-order valence-electron chi connectivity index (χ4n) is 2.33. The average molecular weight is 337 g/mol. The molecule has 2 nitrogen and oxygen atoms in total. The molecule has 1 aliphatic rings. The predicted molar refractivity (Wildman–Crippen MR) is 79.2 cm³/mol. The van der Waals surface area contributed by atoms with E-state index in [4.69, 9.17) is 11.6 Å². The molecule has 1 heterocycles. The first-order valence-corrected chi connectivity index (χ1v) is 7.14. The van der Waals surface area contributed by atoms with Crippen molar-refractivity contribution in [3.05, 3.63) is 68.7 Å². The van der Waals surface area contributed by atoms with Crippen LogP contribution in [0.1, 0.15) is 21.5 Å². The van der Waals surface area contributed by atoms with Gasteiger partial charge in [-0.2, -0.15) is 0 Å². The fraction of sp³-hybridized carbons (Fsp3) is 0.133. The number of amides is 1. The Labute approximate surface area is 125 Å². The average Bonchev–Trinajstić information content (AvgIpc) is 2.84. The summed E-state index contributed by atoms with van der Waals surface area (Å²) in [5.74, 6) is -0.0197. The Kier molecular flexibility index (Phi) is 3.33. The number of rotatable bonds is 1. The third-order valence-corrected chi connectivity index (χ3v) is 4.39. The number of hydrogen-bond acceptors (Lipinski definition) is 1. The van der Waals surface area contributed by atoms with Crippen LogP contribution in [0, 0.1) is 0 Å². The number of nitrogens with zero attached hydrogens (tertiary/aromatic N) is 1. The van der Waals surface area contributed by atoms with Crippen molar-refractivity contribution in [2.75, 3.05) is 0 Å². The molecule has 2 aromatic rings. The summed E-state index contributed by atoms with van der Waals surface area (Å²) >= 11 is 9.61. The number of halogens is 2. The molecule has 0 aromatic heterocycles. The smallest absolute Gasteiger partial charge is 0.255 e. The zero-order valence-electron chi connectivity index (χ0n) is 10.1. The molecule has 0 bridgehead atoms. The molecule has 0 atom stereocenters. The van der Waals surface area contributed by atoms with Crippen LogP contribution in [-0.4, -0.2) is 10.8 Å². The summed E-state index contributed by atoms with van der Waals surface area (Å²) in [5.41, 5.74) is 2.94. The van der Waals surface area contributed by atoms with Crippen LogP contribution in [0.25, 0.3) is 0 Å². The standard InChI is InChI=1S/C15H11BrClNO/c16-13-6-3-4-10-8-18(9-12(10)13)15(19)11-5-1-2-7-14(11)17/h1-7H,8-9H2. The van der Waals surface area contributed by atoms with E-state index in [-0.39, 0.29) is 5.91 Å². The highest BCUT2D eigenvalue weighted by molar-refractivity contribution is 9.10. The van der Waals surface area contributed by atoms with Crippen LogP contribution in [0.5, 0.6) is 0 Å². The van der Waals surface area contributed by atoms with Gasteiger partial charge in [-0.1, -0.05) is 51.8 Å². The molecule has 4 heteroatoms. The number of carbonyl (C=O) groups excluding carboxylic acids is 1. The highest BCUT2D eigenvalue weighted by atomic mass is 79.9. The van der Waals surface area contributed by atoms with Gasteiger partial charge in [0, 0.05) is 17.6 Å². The summed E-state index contributed by atoms with van der Waals surface area (Å²) < 4.78 is 1.06. The first-order chi connectivity index (χ1) is 9.16. The van der Waals surface area contributed by atoms with Crippen molar-refractivity contribution in [2.45, 2.75) is 13.1 Å². The Balaban J connectivity index is 1.90. The van der Waals surface area contributed by atoms with Gasteiger partial charge in [-0.05, 0) is 29.3 Å². The first kappa shape index (κ1) is 12.7. The van der Waals surface area contributed by atoms with Crippen molar-refractivity contribution in [2.24, 2.45) is 0 Å². The zero-order chi connectivity index (χ0) is 13.4. The summed E-state index contributed by atoms with van der Waals surface area (Å²) in [6, 6.07) is 13.2. The van der Waals surface area contributed by atoms with Gasteiger partial charge in [0.1, 0.15) is 0 Å². The molecule has 3 rings (SSSR count). The highest BCUT2D eigenvalue weighted by Crippen LogP contribution is 2.31. The van der Waals surface area contributed by atoms with Crippen LogP contribution in [-0.2, 0) is 13.1 Å². The zero-order valence-corrected chi connectivity index (χ0v) is 12.4. The quantitative estimate of drug-likeness (QED) is 0.762. The minimum Gasteiger partial charge on any atom is -0.330 e. The molecule has 0 N–H and O–H groups in total. The van der Waals surface area contributed by atoms with Gasteiger partial charge in [-0.15, -0.1) is 0 Å². The van der Waals surface area contributed by atoms with E-state index in [2.05, 4.69) is 22.0 Å². The van der Waals surface area contributed by atoms with Crippen molar-refractivity contribution in [1.29, 1.82) is 0 Å². The van der Waals surface area contributed by atoms with Crippen LogP contribution in [0.3, 0.4) is 0 Å². The second-order valence-corrected chi connectivity index (χ2v) is 5.78. The van der Waals surface area contributed by atoms with Crippen LogP contribution in [0.2, 0.25) is 5.02 Å². The number of hydrogen-bond donors (Lipinski definition) is 0. The van der Waals surface area contributed by atoms with E-state index < -0.39 is 0 Å². The van der Waals surface area contributed by atoms with Crippen molar-refractivity contribution < 1.29 is 4.79 Å². The van der Waals surface area contributed by atoms with Gasteiger partial charge in [0.15, 0.2) is 0 Å². The number of benzene rings is 2. The highest BCUT2D eigenvalue weighted by Gasteiger charge is 2.26. The van der Waals surface area contributed by atoms with Gasteiger partial charge in [0.25, 0.3) is 5.91 Å². The molecule has 0 fully saturated rings. The van der Waals surface area contributed by atoms with Crippen LogP contribution in [0.4, 0.5) is 0 Å². The minimum atomic E-state index is -0.0197. The third kappa shape index (κ3) is 2.28. The largest absolute Gasteiger partial charge is 0.330 e. The first-order valence-electron chi connectivity index (χ1n) is 5.97. The SMILES string of the molecule is O=C(c1ccccc1Cl)N1Cc2cccc(Br)c2C1. The second-order valence-electron chi connectivity index (χ2n) is 4.52. The topological polar surface area (TPSA) is 20.3 Å². The van der Waals surface area contributed by atoms with E-state index in [1.54, 1.807) is 12.1 Å². The molecule has 0 saturated heterocycles. The second kappa shape index (κ2) is 4.99. The van der Waals surface area contributed by atoms with E-state index in [1.165, 1.54) is 11.1 Å². The Morgan fingerprint density at radius 2 is 1.89 bits per heavy atom. The molecule has 0 saturated carbocycles. The van der Waals surface area contributed by atoms with Crippen molar-refractivity contribution in [3.8, 4) is 0 Å². The maximum Gasteiger partial charge on any atom is 0.255 e. The summed E-state index contributed by atoms with van der Waals surface area (Å²) in [4.78, 5) is 14.3. The van der Waals surface area contributed by atoms with Gasteiger partial charge in [0.05, 0.1) is 10.6 Å². The molecule has 0 unspecified atom stereocenters. The van der Waals surface area contributed by atoms with Gasteiger partial charge < -0.3 is 4.90 Å². The fourth-order valence-corrected chi connectivity index (χ4v) is 3.08. The molecule has 0 radical (unpaired) electrons. The van der Waals surface area contributed by atoms with Gasteiger partial charge in [-0.25, -0.2) is 0 Å². The molecular weight excluding hydrogens is 326 g/mol. The molecule has 19 heavy (non-hydrogen) atoms. The van der Waals surface area contributed by atoms with Crippen molar-refractivity contribution in [1.82, 2.24) is 4.90 Å². The Hall–Kier alpha value is -1.32. The summed E-state index contributed by atoms with van der Waals surface area (Å²) in [6.45, 7) is 1.26. The lowest BCUT2D eigenvalue weighted by molar-refractivity contribution is 0.0751. The predicted octanol–water partition coefficient (Wildman–Crippen LogP) is 4.26. The molecular formula is C15H11BrClNO. The molecule has 0 spiro atoms. The lowest BCUT2D eigenvalue weighted by atomic mass is 10.1. The summed E-state index contributed by atoms with van der Waals surface area (Å²) in [5, 5.41) is 0.502. The van der Waals surface area contributed by atoms with Crippen molar-refractivity contribution >= 4 is 33.4 Å². The minimum absolute atomic E-state index is 0.0197. The Morgan fingerprint density at radius 3 is 2.63 bits per heavy atom. The van der Waals surface area contributed by atoms with E-state index >= 15 is 0 Å². The van der Waals surface area contributed by atoms with E-state index in [9.17, 15) is 4.79 Å². The Morgan fingerprint density at radius 1 is 1.11 bits per heavy atom. The number of fused-ring (bicyclic) bond motifs is 1. The van der Waals surface area contributed by atoms with Crippen molar-refractivity contribution in [3.63, 3.8) is 0 Å². The molecule has 1 aliphatic heterocycles. The summed E-state index contributed by atoms with van der Waals surface area (Å²) in [6.07, 6.45) is 0. The third-order valence-electron chi connectivity index (χ3n) is 3.32. The van der Waals surface area contributed by atoms with Crippen LogP contribution >= 0.6 is 27.5 Å². The van der Waals surface area contributed by atoms with Gasteiger partial charge >= 0.3 is 0 Å². The lowest BCUT2D eigenvalue weighted by Gasteiger charge is -2.16. The maximum atomic E-state index is 12.5. The van der Waals surface area contributed by atoms with Crippen LogP contribution in [0.15, 0.2) is 46.9 Å². The van der Waals surface area contributed by atoms with E-state index in [1.807, 2.05) is 29.2 Å². The lowest BCUT2D eigenvalue weighted by Crippen LogP contribution is -2.25. The monoisotopic (exact) mass is 335 g/mol. The molecule has 96 valence electrons. The normalized spacial score (nSPS) is 13.5. The summed E-state index contributed by atoms with van der Waals surface area (Å²) in [7, 11) is 0. The van der Waals surface area contributed by atoms with E-state index in [0.29, 0.717) is 23.7 Å². The van der Waals surface area contributed by atoms with Gasteiger partial charge in [0.2, 0.25) is 0 Å². The van der Waals surface area contributed by atoms with Gasteiger partial charge in [-0.3, -0.25) is 4.79 Å². The number of carbonyl (C=O) groups is 1. The molecule has 2 aromatic carbocycles. The molecule has 0 aliphatic carbocycles. The molecule has 1 amide bonds. The van der Waals surface area contributed by atoms with Crippen LogP contribution < -0.4 is 0 Å². The Bertz CT molecular complexity index is 656. The van der Waals surface area contributed by atoms with E-state index in [0.717, 1.165) is 4.47 Å².